The number of benzene rings is 2. The van der Waals surface area contributed by atoms with E-state index in [1.54, 1.807) is 31.4 Å². The number of ether oxygens (including phenoxy) is 2. The summed E-state index contributed by atoms with van der Waals surface area (Å²) >= 11 is 5.90. The number of halogens is 1. The van der Waals surface area contributed by atoms with Crippen LogP contribution in [0.15, 0.2) is 53.1 Å². The van der Waals surface area contributed by atoms with Gasteiger partial charge < -0.3 is 18.9 Å². The molecule has 9 heteroatoms. The van der Waals surface area contributed by atoms with Crippen molar-refractivity contribution in [2.45, 2.75) is 13.2 Å². The Bertz CT molecular complexity index is 999. The average molecular weight is 443 g/mol. The van der Waals surface area contributed by atoms with Crippen molar-refractivity contribution in [2.24, 2.45) is 0 Å². The van der Waals surface area contributed by atoms with Gasteiger partial charge in [-0.15, -0.1) is 0 Å². The van der Waals surface area contributed by atoms with Crippen LogP contribution in [0.5, 0.6) is 11.5 Å². The van der Waals surface area contributed by atoms with Crippen LogP contribution in [0, 0.1) is 0 Å². The highest BCUT2D eigenvalue weighted by Gasteiger charge is 2.23. The molecule has 2 aromatic carbocycles. The second kappa shape index (κ2) is 9.80. The van der Waals surface area contributed by atoms with Crippen LogP contribution >= 0.6 is 11.6 Å². The molecule has 0 aliphatic carbocycles. The Hall–Kier alpha value is -3.10. The summed E-state index contributed by atoms with van der Waals surface area (Å²) in [6.45, 7) is 3.52. The molecule has 0 bridgehead atoms. The fraction of sp³-hybridized carbons (Fsp3) is 0.318. The Balaban J connectivity index is 1.24. The molecule has 8 nitrogen and oxygen atoms in total. The minimum atomic E-state index is 0.0204. The highest BCUT2D eigenvalue weighted by molar-refractivity contribution is 6.30. The quantitative estimate of drug-likeness (QED) is 0.555. The molecule has 1 fully saturated rings. The largest absolute Gasteiger partial charge is 0.497 e. The van der Waals surface area contributed by atoms with Gasteiger partial charge in [0, 0.05) is 36.8 Å². The van der Waals surface area contributed by atoms with Crippen LogP contribution in [0.4, 0.5) is 0 Å². The standard InChI is InChI=1S/C22H23ClN4O4/c1-29-18-6-8-19(9-7-18)30-15-20-24-21(31-25-20)14-26-10-12-27(13-11-26)22(28)16-2-4-17(23)5-3-16/h2-9H,10-15H2,1H3. The summed E-state index contributed by atoms with van der Waals surface area (Å²) in [7, 11) is 1.62. The van der Waals surface area contributed by atoms with Crippen molar-refractivity contribution in [3.63, 3.8) is 0 Å². The molecule has 0 radical (unpaired) electrons. The van der Waals surface area contributed by atoms with Crippen LogP contribution in [0.2, 0.25) is 5.02 Å². The highest BCUT2D eigenvalue weighted by atomic mass is 35.5. The Morgan fingerprint density at radius 2 is 1.71 bits per heavy atom. The van der Waals surface area contributed by atoms with Crippen molar-refractivity contribution in [2.75, 3.05) is 33.3 Å². The number of rotatable bonds is 7. The molecule has 0 spiro atoms. The summed E-state index contributed by atoms with van der Waals surface area (Å²) < 4.78 is 16.2. The number of hydrogen-bond acceptors (Lipinski definition) is 7. The molecule has 1 aliphatic heterocycles. The number of aromatic nitrogens is 2. The lowest BCUT2D eigenvalue weighted by molar-refractivity contribution is 0.0615. The van der Waals surface area contributed by atoms with Gasteiger partial charge in [-0.2, -0.15) is 4.98 Å². The monoisotopic (exact) mass is 442 g/mol. The first kappa shape index (κ1) is 21.1. The van der Waals surface area contributed by atoms with Crippen molar-refractivity contribution in [3.05, 3.63) is 70.8 Å². The minimum Gasteiger partial charge on any atom is -0.497 e. The topological polar surface area (TPSA) is 80.9 Å². The second-order valence-corrected chi connectivity index (χ2v) is 7.58. The maximum Gasteiger partial charge on any atom is 0.253 e. The SMILES string of the molecule is COc1ccc(OCc2noc(CN3CCN(C(=O)c4ccc(Cl)cc4)CC3)n2)cc1. The molecule has 1 aromatic heterocycles. The van der Waals surface area contributed by atoms with Crippen molar-refractivity contribution < 1.29 is 18.8 Å². The van der Waals surface area contributed by atoms with E-state index < -0.39 is 0 Å². The van der Waals surface area contributed by atoms with Gasteiger partial charge in [-0.1, -0.05) is 16.8 Å². The van der Waals surface area contributed by atoms with Gasteiger partial charge in [0.2, 0.25) is 11.7 Å². The fourth-order valence-electron chi connectivity index (χ4n) is 3.31. The number of amides is 1. The van der Waals surface area contributed by atoms with Crippen LogP contribution in [0.3, 0.4) is 0 Å². The summed E-state index contributed by atoms with van der Waals surface area (Å²) in [6.07, 6.45) is 0. The van der Waals surface area contributed by atoms with Crippen molar-refractivity contribution in [1.82, 2.24) is 19.9 Å². The molecule has 4 rings (SSSR count). The zero-order valence-corrected chi connectivity index (χ0v) is 17.9. The highest BCUT2D eigenvalue weighted by Crippen LogP contribution is 2.18. The predicted octanol–water partition coefficient (Wildman–Crippen LogP) is 3.27. The lowest BCUT2D eigenvalue weighted by Crippen LogP contribution is -2.48. The van der Waals surface area contributed by atoms with Gasteiger partial charge in [0.25, 0.3) is 5.91 Å². The maximum atomic E-state index is 12.6. The Kier molecular flexibility index (Phi) is 6.69. The molecule has 1 aliphatic rings. The number of methoxy groups -OCH3 is 1. The molecular weight excluding hydrogens is 420 g/mol. The van der Waals surface area contributed by atoms with Gasteiger partial charge in [-0.3, -0.25) is 9.69 Å². The first-order valence-corrected chi connectivity index (χ1v) is 10.3. The normalized spacial score (nSPS) is 14.5. The smallest absolute Gasteiger partial charge is 0.253 e. The van der Waals surface area contributed by atoms with E-state index in [1.165, 1.54) is 0 Å². The summed E-state index contributed by atoms with van der Waals surface area (Å²) in [6, 6.07) is 14.3. The van der Waals surface area contributed by atoms with Gasteiger partial charge in [0.05, 0.1) is 13.7 Å². The van der Waals surface area contributed by atoms with Crippen molar-refractivity contribution in [3.8, 4) is 11.5 Å². The molecule has 0 atom stereocenters. The van der Waals surface area contributed by atoms with Gasteiger partial charge in [-0.25, -0.2) is 0 Å². The van der Waals surface area contributed by atoms with Crippen LogP contribution < -0.4 is 9.47 Å². The van der Waals surface area contributed by atoms with Crippen LogP contribution in [0.1, 0.15) is 22.1 Å². The van der Waals surface area contributed by atoms with Gasteiger partial charge >= 0.3 is 0 Å². The Morgan fingerprint density at radius 3 is 2.39 bits per heavy atom. The molecule has 1 amide bonds. The maximum absolute atomic E-state index is 12.6. The first-order valence-electron chi connectivity index (χ1n) is 9.96. The van der Waals surface area contributed by atoms with E-state index in [9.17, 15) is 4.79 Å². The number of carbonyl (C=O) groups is 1. The molecule has 0 N–H and O–H groups in total. The minimum absolute atomic E-state index is 0.0204. The molecule has 2 heterocycles. The first-order chi connectivity index (χ1) is 15.1. The number of piperazine rings is 1. The number of hydrogen-bond donors (Lipinski definition) is 0. The molecular formula is C22H23ClN4O4. The van der Waals surface area contributed by atoms with Crippen molar-refractivity contribution in [1.29, 1.82) is 0 Å². The van der Waals surface area contributed by atoms with Crippen LogP contribution in [0.25, 0.3) is 0 Å². The molecule has 1 saturated heterocycles. The third-order valence-corrected chi connectivity index (χ3v) is 5.30. The molecule has 3 aromatic rings. The van der Waals surface area contributed by atoms with Gasteiger partial charge in [0.1, 0.15) is 11.5 Å². The fourth-order valence-corrected chi connectivity index (χ4v) is 3.43. The zero-order valence-electron chi connectivity index (χ0n) is 17.2. The molecule has 0 unspecified atom stereocenters. The summed E-state index contributed by atoms with van der Waals surface area (Å²) in [5, 5.41) is 4.60. The number of carbonyl (C=O) groups excluding carboxylic acids is 1. The third-order valence-electron chi connectivity index (χ3n) is 5.05. The summed E-state index contributed by atoms with van der Waals surface area (Å²) in [5.41, 5.74) is 0.649. The lowest BCUT2D eigenvalue weighted by atomic mass is 10.2. The third kappa shape index (κ3) is 5.53. The van der Waals surface area contributed by atoms with E-state index in [0.717, 1.165) is 18.8 Å². The van der Waals surface area contributed by atoms with E-state index in [1.807, 2.05) is 29.2 Å². The van der Waals surface area contributed by atoms with E-state index in [-0.39, 0.29) is 12.5 Å². The van der Waals surface area contributed by atoms with E-state index in [2.05, 4.69) is 15.0 Å². The number of nitrogens with zero attached hydrogens (tertiary/aromatic N) is 4. The second-order valence-electron chi connectivity index (χ2n) is 7.14. The van der Waals surface area contributed by atoms with Gasteiger partial charge in [-0.05, 0) is 48.5 Å². The predicted molar refractivity (Wildman–Crippen MR) is 114 cm³/mol. The van der Waals surface area contributed by atoms with Crippen LogP contribution in [-0.2, 0) is 13.2 Å². The lowest BCUT2D eigenvalue weighted by Gasteiger charge is -2.34. The van der Waals surface area contributed by atoms with Gasteiger partial charge in [0.15, 0.2) is 6.61 Å². The van der Waals surface area contributed by atoms with Crippen molar-refractivity contribution >= 4 is 17.5 Å². The zero-order chi connectivity index (χ0) is 21.6. The molecule has 0 saturated carbocycles. The molecule has 31 heavy (non-hydrogen) atoms. The van der Waals surface area contributed by atoms with E-state index in [0.29, 0.717) is 47.7 Å². The van der Waals surface area contributed by atoms with E-state index in [4.69, 9.17) is 25.6 Å². The average Bonchev–Trinajstić information content (AvgIpc) is 3.26. The summed E-state index contributed by atoms with van der Waals surface area (Å²) in [4.78, 5) is 21.0. The van der Waals surface area contributed by atoms with Crippen LogP contribution in [-0.4, -0.2) is 59.1 Å². The summed E-state index contributed by atoms with van der Waals surface area (Å²) in [5.74, 6) is 2.51. The van der Waals surface area contributed by atoms with E-state index >= 15 is 0 Å². The Labute approximate surface area is 185 Å². The molecule has 162 valence electrons. The Morgan fingerprint density at radius 1 is 1.03 bits per heavy atom.